The fourth-order valence-electron chi connectivity index (χ4n) is 4.75. The van der Waals surface area contributed by atoms with Crippen LogP contribution in [-0.4, -0.2) is 75.0 Å². The maximum Gasteiger partial charge on any atom is 0.194 e. The summed E-state index contributed by atoms with van der Waals surface area (Å²) in [7, 11) is 0. The maximum absolute atomic E-state index is 13.8. The minimum atomic E-state index is -1.62. The molecule has 0 unspecified atom stereocenters. The molecule has 1 aliphatic rings. The zero-order chi connectivity index (χ0) is 27.4. The van der Waals surface area contributed by atoms with Gasteiger partial charge in [-0.25, -0.2) is 22.8 Å². The van der Waals surface area contributed by atoms with Crippen molar-refractivity contribution in [2.75, 3.05) is 6.61 Å². The Kier molecular flexibility index (Phi) is 6.39. The summed E-state index contributed by atoms with van der Waals surface area (Å²) in [5, 5.41) is 49.1. The summed E-state index contributed by atoms with van der Waals surface area (Å²) >= 11 is 1.47. The van der Waals surface area contributed by atoms with Crippen LogP contribution < -0.4 is 0 Å². The molecular weight excluding hydrogens is 539 g/mol. The summed E-state index contributed by atoms with van der Waals surface area (Å²) in [6, 6.07) is 5.82. The molecule has 0 amide bonds. The molecule has 3 aromatic heterocycles. The lowest BCUT2D eigenvalue weighted by atomic mass is 9.92. The van der Waals surface area contributed by atoms with Gasteiger partial charge in [0.25, 0.3) is 0 Å². The van der Waals surface area contributed by atoms with E-state index in [4.69, 9.17) is 4.74 Å². The number of hydrogen-bond donors (Lipinski definition) is 3. The van der Waals surface area contributed by atoms with Gasteiger partial charge in [-0.3, -0.25) is 4.57 Å². The van der Waals surface area contributed by atoms with E-state index >= 15 is 0 Å². The molecule has 0 aliphatic carbocycles. The molecule has 0 radical (unpaired) electrons. The van der Waals surface area contributed by atoms with Gasteiger partial charge < -0.3 is 20.1 Å². The van der Waals surface area contributed by atoms with E-state index in [9.17, 15) is 28.5 Å². The normalized spacial score (nSPS) is 23.5. The molecule has 4 heterocycles. The molecule has 11 nitrogen and oxygen atoms in total. The molecule has 15 heteroatoms. The van der Waals surface area contributed by atoms with Crippen molar-refractivity contribution in [2.45, 2.75) is 37.4 Å². The Balaban J connectivity index is 1.39. The van der Waals surface area contributed by atoms with E-state index in [1.165, 1.54) is 23.9 Å². The van der Waals surface area contributed by atoms with Gasteiger partial charge in [-0.2, -0.15) is 0 Å². The largest absolute Gasteiger partial charge is 0.394 e. The molecule has 1 aliphatic heterocycles. The van der Waals surface area contributed by atoms with Crippen LogP contribution in [0.5, 0.6) is 0 Å². The number of hydrogen-bond acceptors (Lipinski definition) is 10. The zero-order valence-electron chi connectivity index (χ0n) is 20.1. The predicted molar refractivity (Wildman–Crippen MR) is 130 cm³/mol. The first kappa shape index (κ1) is 25.5. The molecule has 5 aromatic rings. The minimum absolute atomic E-state index is 0.0359. The number of halogens is 3. The van der Waals surface area contributed by atoms with Gasteiger partial charge in [0.1, 0.15) is 42.5 Å². The summed E-state index contributed by atoms with van der Waals surface area (Å²) in [6.07, 6.45) is -2.59. The number of aromatic nitrogens is 7. The van der Waals surface area contributed by atoms with Crippen molar-refractivity contribution in [2.24, 2.45) is 0 Å². The number of benzene rings is 2. The highest BCUT2D eigenvalue weighted by atomic mass is 32.1. The quantitative estimate of drug-likeness (QED) is 0.276. The van der Waals surface area contributed by atoms with Crippen LogP contribution in [0.2, 0.25) is 0 Å². The number of aliphatic hydroxyl groups is 3. The van der Waals surface area contributed by atoms with Crippen LogP contribution in [0.1, 0.15) is 23.0 Å². The van der Waals surface area contributed by atoms with Crippen molar-refractivity contribution in [3.8, 4) is 16.9 Å². The lowest BCUT2D eigenvalue weighted by molar-refractivity contribution is -0.210. The standard InChI is InChI=1S/C24H20F3N7O4S/c1-10-29-14-3-2-4-16(23(14)39-10)33-9-28-31-24(33)22-21(37)19(20(36)17(8-35)38-22)34-7-15(30-32-34)11-5-12(25)18(27)13(26)6-11/h2-7,9,17,19-22,35-37H,8H2,1H3/t17-,19+,20+,21-,22-/m1/s1. The summed E-state index contributed by atoms with van der Waals surface area (Å²) in [4.78, 5) is 4.50. The smallest absolute Gasteiger partial charge is 0.194 e. The van der Waals surface area contributed by atoms with Crippen LogP contribution in [0.3, 0.4) is 0 Å². The van der Waals surface area contributed by atoms with Gasteiger partial charge in [0.2, 0.25) is 0 Å². The van der Waals surface area contributed by atoms with Gasteiger partial charge >= 0.3 is 0 Å². The number of rotatable bonds is 5. The van der Waals surface area contributed by atoms with Crippen LogP contribution >= 0.6 is 11.3 Å². The Labute approximate surface area is 221 Å². The highest BCUT2D eigenvalue weighted by molar-refractivity contribution is 7.19. The monoisotopic (exact) mass is 559 g/mol. The summed E-state index contributed by atoms with van der Waals surface area (Å²) in [6.45, 7) is 1.28. The van der Waals surface area contributed by atoms with Gasteiger partial charge in [-0.1, -0.05) is 11.3 Å². The lowest BCUT2D eigenvalue weighted by Gasteiger charge is -2.41. The van der Waals surface area contributed by atoms with E-state index < -0.39 is 54.5 Å². The van der Waals surface area contributed by atoms with E-state index in [1.54, 1.807) is 4.57 Å². The van der Waals surface area contributed by atoms with Crippen LogP contribution in [0.25, 0.3) is 27.2 Å². The molecule has 2 aromatic carbocycles. The first-order valence-electron chi connectivity index (χ1n) is 11.7. The van der Waals surface area contributed by atoms with Crippen LogP contribution in [0.4, 0.5) is 13.2 Å². The predicted octanol–water partition coefficient (Wildman–Crippen LogP) is 2.26. The summed E-state index contributed by atoms with van der Waals surface area (Å²) < 4.78 is 50.5. The third kappa shape index (κ3) is 4.28. The third-order valence-electron chi connectivity index (χ3n) is 6.58. The Hall–Kier alpha value is -3.76. The van der Waals surface area contributed by atoms with Crippen molar-refractivity contribution < 1.29 is 33.2 Å². The molecule has 202 valence electrons. The first-order chi connectivity index (χ1) is 18.8. The van der Waals surface area contributed by atoms with Crippen LogP contribution in [0.15, 0.2) is 42.9 Å². The lowest BCUT2D eigenvalue weighted by Crippen LogP contribution is -2.53. The van der Waals surface area contributed by atoms with E-state index in [0.29, 0.717) is 5.69 Å². The fraction of sp³-hybridized carbons (Fsp3) is 0.292. The van der Waals surface area contributed by atoms with Crippen molar-refractivity contribution >= 4 is 21.6 Å². The van der Waals surface area contributed by atoms with Gasteiger partial charge in [0.05, 0.1) is 33.7 Å². The average Bonchev–Trinajstić information content (AvgIpc) is 3.66. The van der Waals surface area contributed by atoms with Crippen molar-refractivity contribution in [3.63, 3.8) is 0 Å². The number of nitrogens with zero attached hydrogens (tertiary/aromatic N) is 7. The summed E-state index contributed by atoms with van der Waals surface area (Å²) in [5.41, 5.74) is 1.33. The van der Waals surface area contributed by atoms with Crippen LogP contribution in [0, 0.1) is 24.4 Å². The molecule has 1 fully saturated rings. The van der Waals surface area contributed by atoms with E-state index in [1.807, 2.05) is 25.1 Å². The number of thiazole rings is 1. The van der Waals surface area contributed by atoms with E-state index in [-0.39, 0.29) is 17.1 Å². The molecular formula is C24H20F3N7O4S. The van der Waals surface area contributed by atoms with Gasteiger partial charge in [0, 0.05) is 5.56 Å². The Bertz CT molecular complexity index is 1650. The second kappa shape index (κ2) is 9.77. The number of ether oxygens (including phenoxy) is 1. The summed E-state index contributed by atoms with van der Waals surface area (Å²) in [5.74, 6) is -4.24. The molecule has 5 atom stereocenters. The Morgan fingerprint density at radius 2 is 1.85 bits per heavy atom. The third-order valence-corrected chi connectivity index (χ3v) is 7.59. The fourth-order valence-corrected chi connectivity index (χ4v) is 5.67. The van der Waals surface area contributed by atoms with E-state index in [0.717, 1.165) is 32.0 Å². The molecule has 0 saturated carbocycles. The Morgan fingerprint density at radius 1 is 1.08 bits per heavy atom. The Morgan fingerprint density at radius 3 is 2.59 bits per heavy atom. The molecule has 0 spiro atoms. The number of aryl methyl sites for hydroxylation is 1. The molecule has 39 heavy (non-hydrogen) atoms. The average molecular weight is 560 g/mol. The van der Waals surface area contributed by atoms with Crippen LogP contribution in [-0.2, 0) is 4.74 Å². The number of fused-ring (bicyclic) bond motifs is 1. The zero-order valence-corrected chi connectivity index (χ0v) is 20.9. The molecule has 6 rings (SSSR count). The molecule has 3 N–H and O–H groups in total. The maximum atomic E-state index is 13.8. The highest BCUT2D eigenvalue weighted by Gasteiger charge is 2.48. The van der Waals surface area contributed by atoms with Crippen molar-refractivity contribution in [1.82, 2.24) is 34.7 Å². The van der Waals surface area contributed by atoms with E-state index in [2.05, 4.69) is 25.5 Å². The van der Waals surface area contributed by atoms with Crippen molar-refractivity contribution in [1.29, 1.82) is 0 Å². The highest BCUT2D eigenvalue weighted by Crippen LogP contribution is 2.39. The SMILES string of the molecule is Cc1nc2cccc(-n3cnnc3[C@@H]3O[C@H](CO)[C@H](O)[C@H](n4cc(-c5cc(F)c(F)c(F)c5)nn4)[C@H]3O)c2s1. The second-order valence-electron chi connectivity index (χ2n) is 9.00. The number of aliphatic hydroxyl groups excluding tert-OH is 3. The topological polar surface area (TPSA) is 144 Å². The van der Waals surface area contributed by atoms with Gasteiger partial charge in [0.15, 0.2) is 23.3 Å². The minimum Gasteiger partial charge on any atom is -0.394 e. The molecule has 0 bridgehead atoms. The van der Waals surface area contributed by atoms with Crippen molar-refractivity contribution in [3.05, 3.63) is 71.1 Å². The van der Waals surface area contributed by atoms with Gasteiger partial charge in [-0.15, -0.1) is 26.6 Å². The molecule has 1 saturated heterocycles. The van der Waals surface area contributed by atoms with Gasteiger partial charge in [-0.05, 0) is 31.2 Å². The first-order valence-corrected chi connectivity index (χ1v) is 12.5. The second-order valence-corrected chi connectivity index (χ2v) is 10.2.